The summed E-state index contributed by atoms with van der Waals surface area (Å²) >= 11 is 0. The van der Waals surface area contributed by atoms with Crippen molar-refractivity contribution < 1.29 is 4.52 Å². The largest absolute Gasteiger partial charge is 0.359 e. The molecule has 0 saturated heterocycles. The van der Waals surface area contributed by atoms with Crippen LogP contribution in [0.2, 0.25) is 0 Å². The van der Waals surface area contributed by atoms with Gasteiger partial charge < -0.3 is 15.2 Å². The first-order chi connectivity index (χ1) is 9.60. The van der Waals surface area contributed by atoms with Crippen LogP contribution in [0, 0.1) is 0 Å². The number of nitrogens with one attached hydrogen (secondary N) is 2. The molecule has 1 aromatic heterocycles. The van der Waals surface area contributed by atoms with Crippen molar-refractivity contribution in [2.75, 3.05) is 6.54 Å². The second-order valence-corrected chi connectivity index (χ2v) is 5.23. The average molecular weight is 280 g/mol. The number of hydrogen-bond acceptors (Lipinski definition) is 3. The molecular weight excluding hydrogens is 252 g/mol. The van der Waals surface area contributed by atoms with E-state index in [0.717, 1.165) is 36.8 Å². The minimum absolute atomic E-state index is 0.350. The van der Waals surface area contributed by atoms with E-state index in [-0.39, 0.29) is 0 Å². The fourth-order valence-corrected chi connectivity index (χ4v) is 2.05. The van der Waals surface area contributed by atoms with E-state index < -0.39 is 0 Å². The van der Waals surface area contributed by atoms with Crippen molar-refractivity contribution in [3.8, 4) is 0 Å². The summed E-state index contributed by atoms with van der Waals surface area (Å²) < 4.78 is 5.37. The monoisotopic (exact) mass is 280 g/mol. The molecule has 0 spiro atoms. The standard InChI is InChI=1S/C15H28N4O/c1-6-12(7-2)14-9-13(20-19-14)10-17-15(16-8-3)18-11(4)5/h9,11-12H,6-8,10H2,1-5H3,(H2,16,17,18). The minimum atomic E-state index is 0.350. The van der Waals surface area contributed by atoms with Gasteiger partial charge in [0.25, 0.3) is 0 Å². The maximum Gasteiger partial charge on any atom is 0.191 e. The van der Waals surface area contributed by atoms with Crippen LogP contribution in [0.4, 0.5) is 0 Å². The zero-order valence-electron chi connectivity index (χ0n) is 13.4. The molecule has 5 nitrogen and oxygen atoms in total. The zero-order valence-corrected chi connectivity index (χ0v) is 13.4. The van der Waals surface area contributed by atoms with Crippen molar-refractivity contribution >= 4 is 5.96 Å². The highest BCUT2D eigenvalue weighted by atomic mass is 16.5. The van der Waals surface area contributed by atoms with E-state index >= 15 is 0 Å². The first-order valence-corrected chi connectivity index (χ1v) is 7.60. The third kappa shape index (κ3) is 5.23. The Morgan fingerprint density at radius 3 is 2.55 bits per heavy atom. The third-order valence-corrected chi connectivity index (χ3v) is 3.14. The average Bonchev–Trinajstić information content (AvgIpc) is 2.86. The molecule has 2 N–H and O–H groups in total. The summed E-state index contributed by atoms with van der Waals surface area (Å²) in [4.78, 5) is 4.51. The van der Waals surface area contributed by atoms with Crippen molar-refractivity contribution in [2.24, 2.45) is 4.99 Å². The zero-order chi connectivity index (χ0) is 15.0. The molecule has 1 rings (SSSR count). The van der Waals surface area contributed by atoms with Gasteiger partial charge in [0, 0.05) is 24.6 Å². The molecule has 0 amide bonds. The summed E-state index contributed by atoms with van der Waals surface area (Å²) in [6, 6.07) is 2.38. The summed E-state index contributed by atoms with van der Waals surface area (Å²) in [6.45, 7) is 11.9. The second kappa shape index (κ2) is 8.61. The van der Waals surface area contributed by atoms with Gasteiger partial charge >= 0.3 is 0 Å². The van der Waals surface area contributed by atoms with Gasteiger partial charge in [0.2, 0.25) is 0 Å². The van der Waals surface area contributed by atoms with E-state index in [4.69, 9.17) is 4.52 Å². The molecule has 0 aliphatic carbocycles. The molecule has 20 heavy (non-hydrogen) atoms. The van der Waals surface area contributed by atoms with Gasteiger partial charge in [-0.2, -0.15) is 0 Å². The smallest absolute Gasteiger partial charge is 0.191 e. The van der Waals surface area contributed by atoms with E-state index in [2.05, 4.69) is 55.4 Å². The number of guanidine groups is 1. The number of aliphatic imine (C=N–C) groups is 1. The highest BCUT2D eigenvalue weighted by molar-refractivity contribution is 5.79. The molecule has 0 saturated carbocycles. The highest BCUT2D eigenvalue weighted by Gasteiger charge is 2.12. The van der Waals surface area contributed by atoms with E-state index in [0.29, 0.717) is 18.5 Å². The van der Waals surface area contributed by atoms with Crippen LogP contribution >= 0.6 is 0 Å². The molecule has 0 aliphatic rings. The molecule has 0 aromatic carbocycles. The fraction of sp³-hybridized carbons (Fsp3) is 0.733. The van der Waals surface area contributed by atoms with Gasteiger partial charge in [-0.15, -0.1) is 0 Å². The minimum Gasteiger partial charge on any atom is -0.359 e. The summed E-state index contributed by atoms with van der Waals surface area (Å²) in [5.41, 5.74) is 1.04. The Hall–Kier alpha value is -1.52. The third-order valence-electron chi connectivity index (χ3n) is 3.14. The van der Waals surface area contributed by atoms with E-state index in [1.165, 1.54) is 0 Å². The summed E-state index contributed by atoms with van der Waals surface area (Å²) in [7, 11) is 0. The highest BCUT2D eigenvalue weighted by Crippen LogP contribution is 2.22. The van der Waals surface area contributed by atoms with Crippen LogP contribution in [-0.2, 0) is 6.54 Å². The van der Waals surface area contributed by atoms with Gasteiger partial charge in [0.15, 0.2) is 11.7 Å². The van der Waals surface area contributed by atoms with Crippen molar-refractivity contribution in [1.29, 1.82) is 0 Å². The molecule has 0 atom stereocenters. The van der Waals surface area contributed by atoms with Crippen molar-refractivity contribution in [3.05, 3.63) is 17.5 Å². The topological polar surface area (TPSA) is 62.5 Å². The van der Waals surface area contributed by atoms with Crippen LogP contribution in [-0.4, -0.2) is 23.7 Å². The molecule has 5 heteroatoms. The molecular formula is C15H28N4O. The Morgan fingerprint density at radius 1 is 1.30 bits per heavy atom. The lowest BCUT2D eigenvalue weighted by atomic mass is 9.99. The normalized spacial score (nSPS) is 12.2. The predicted octanol–water partition coefficient (Wildman–Crippen LogP) is 3.04. The molecule has 1 aromatic rings. The second-order valence-electron chi connectivity index (χ2n) is 5.23. The summed E-state index contributed by atoms with van der Waals surface area (Å²) in [5, 5.41) is 10.7. The quantitative estimate of drug-likeness (QED) is 0.595. The van der Waals surface area contributed by atoms with Crippen LogP contribution in [0.15, 0.2) is 15.6 Å². The Labute approximate surface area is 122 Å². The maximum absolute atomic E-state index is 5.37. The van der Waals surface area contributed by atoms with E-state index in [1.54, 1.807) is 0 Å². The molecule has 0 bridgehead atoms. The Morgan fingerprint density at radius 2 is 2.00 bits per heavy atom. The van der Waals surface area contributed by atoms with Gasteiger partial charge in [0.1, 0.15) is 6.54 Å². The van der Waals surface area contributed by atoms with Crippen LogP contribution in [0.1, 0.15) is 64.8 Å². The summed E-state index contributed by atoms with van der Waals surface area (Å²) in [6.07, 6.45) is 2.17. The lowest BCUT2D eigenvalue weighted by Gasteiger charge is -2.13. The van der Waals surface area contributed by atoms with Crippen LogP contribution < -0.4 is 10.6 Å². The molecule has 0 fully saturated rings. The fourth-order valence-electron chi connectivity index (χ4n) is 2.05. The number of rotatable bonds is 7. The lowest BCUT2D eigenvalue weighted by molar-refractivity contribution is 0.372. The maximum atomic E-state index is 5.37. The van der Waals surface area contributed by atoms with Crippen LogP contribution in [0.25, 0.3) is 0 Å². The van der Waals surface area contributed by atoms with Gasteiger partial charge in [-0.05, 0) is 33.6 Å². The summed E-state index contributed by atoms with van der Waals surface area (Å²) in [5.74, 6) is 2.11. The predicted molar refractivity (Wildman–Crippen MR) is 82.9 cm³/mol. The first-order valence-electron chi connectivity index (χ1n) is 7.60. The first kappa shape index (κ1) is 16.5. The Bertz CT molecular complexity index is 408. The molecule has 0 aliphatic heterocycles. The molecule has 0 radical (unpaired) electrons. The number of hydrogen-bond donors (Lipinski definition) is 2. The van der Waals surface area contributed by atoms with Crippen LogP contribution in [0.3, 0.4) is 0 Å². The van der Waals surface area contributed by atoms with Crippen molar-refractivity contribution in [3.63, 3.8) is 0 Å². The molecule has 0 unspecified atom stereocenters. The van der Waals surface area contributed by atoms with Gasteiger partial charge in [-0.1, -0.05) is 19.0 Å². The lowest BCUT2D eigenvalue weighted by Crippen LogP contribution is -2.40. The van der Waals surface area contributed by atoms with Gasteiger partial charge in [0.05, 0.1) is 5.69 Å². The van der Waals surface area contributed by atoms with Crippen molar-refractivity contribution in [2.45, 2.75) is 66.0 Å². The van der Waals surface area contributed by atoms with Crippen LogP contribution in [0.5, 0.6) is 0 Å². The molecule has 114 valence electrons. The Kier molecular flexibility index (Phi) is 7.12. The Balaban J connectivity index is 2.67. The van der Waals surface area contributed by atoms with E-state index in [1.807, 2.05) is 6.07 Å². The molecule has 1 heterocycles. The van der Waals surface area contributed by atoms with Gasteiger partial charge in [-0.25, -0.2) is 4.99 Å². The van der Waals surface area contributed by atoms with E-state index in [9.17, 15) is 0 Å². The van der Waals surface area contributed by atoms with Gasteiger partial charge in [-0.3, -0.25) is 0 Å². The van der Waals surface area contributed by atoms with Crippen molar-refractivity contribution in [1.82, 2.24) is 15.8 Å². The number of aromatic nitrogens is 1. The SMILES string of the molecule is CCNC(=NCc1cc(C(CC)CC)no1)NC(C)C. The number of nitrogens with zero attached hydrogens (tertiary/aromatic N) is 2.